The highest BCUT2D eigenvalue weighted by molar-refractivity contribution is 5.92. The molecule has 1 aromatic heterocycles. The minimum atomic E-state index is -0.313. The third-order valence-electron chi connectivity index (χ3n) is 5.24. The van der Waals surface area contributed by atoms with E-state index in [2.05, 4.69) is 27.2 Å². The molecule has 2 aromatic rings. The molecule has 1 atom stereocenters. The second-order valence-corrected chi connectivity index (χ2v) is 6.95. The van der Waals surface area contributed by atoms with E-state index in [9.17, 15) is 4.79 Å². The van der Waals surface area contributed by atoms with Crippen molar-refractivity contribution in [1.82, 2.24) is 15.1 Å². The molecule has 1 amide bonds. The van der Waals surface area contributed by atoms with Crippen LogP contribution in [0.4, 0.5) is 5.69 Å². The molecule has 2 saturated heterocycles. The second-order valence-electron chi connectivity index (χ2n) is 6.95. The van der Waals surface area contributed by atoms with E-state index in [4.69, 9.17) is 9.47 Å². The lowest BCUT2D eigenvalue weighted by molar-refractivity contribution is -0.105. The minimum Gasteiger partial charge on any atom is -0.497 e. The van der Waals surface area contributed by atoms with Crippen molar-refractivity contribution < 1.29 is 14.3 Å². The van der Waals surface area contributed by atoms with Gasteiger partial charge in [-0.1, -0.05) is 0 Å². The molecule has 4 rings (SSSR count). The molecular weight excluding hydrogens is 332 g/mol. The molecule has 138 valence electrons. The Morgan fingerprint density at radius 2 is 2.08 bits per heavy atom. The monoisotopic (exact) mass is 356 g/mol. The summed E-state index contributed by atoms with van der Waals surface area (Å²) < 4.78 is 11.5. The van der Waals surface area contributed by atoms with Gasteiger partial charge in [-0.2, -0.15) is 5.10 Å². The molecule has 0 unspecified atom stereocenters. The molecule has 3 heterocycles. The fourth-order valence-corrected chi connectivity index (χ4v) is 3.92. The van der Waals surface area contributed by atoms with Gasteiger partial charge in [0.25, 0.3) is 5.91 Å². The smallest absolute Gasteiger partial charge is 0.272 e. The van der Waals surface area contributed by atoms with Crippen LogP contribution in [-0.4, -0.2) is 66.5 Å². The van der Waals surface area contributed by atoms with E-state index < -0.39 is 0 Å². The molecule has 1 N–H and O–H groups in total. The Morgan fingerprint density at radius 1 is 1.23 bits per heavy atom. The number of hydrogen-bond acceptors (Lipinski definition) is 5. The van der Waals surface area contributed by atoms with E-state index in [1.54, 1.807) is 19.4 Å². The van der Waals surface area contributed by atoms with Crippen molar-refractivity contribution in [3.05, 3.63) is 42.2 Å². The van der Waals surface area contributed by atoms with E-state index >= 15 is 0 Å². The number of morpholine rings is 1. The van der Waals surface area contributed by atoms with E-state index in [0.717, 1.165) is 37.4 Å². The zero-order valence-corrected chi connectivity index (χ0v) is 15.0. The fourth-order valence-electron chi connectivity index (χ4n) is 3.92. The number of nitrogens with one attached hydrogen (secondary N) is 1. The summed E-state index contributed by atoms with van der Waals surface area (Å²) in [6, 6.07) is 9.83. The molecule has 7 nitrogen and oxygen atoms in total. The largest absolute Gasteiger partial charge is 0.497 e. The summed E-state index contributed by atoms with van der Waals surface area (Å²) in [5, 5.41) is 6.65. The number of carbonyl (C=O) groups excluding carboxylic acids is 1. The van der Waals surface area contributed by atoms with E-state index in [-0.39, 0.29) is 11.5 Å². The van der Waals surface area contributed by atoms with Crippen LogP contribution in [0.15, 0.2) is 36.5 Å². The number of amides is 1. The topological polar surface area (TPSA) is 70.7 Å². The van der Waals surface area contributed by atoms with Crippen molar-refractivity contribution in [3.8, 4) is 5.75 Å². The summed E-state index contributed by atoms with van der Waals surface area (Å²) in [4.78, 5) is 16.9. The Labute approximate surface area is 152 Å². The molecule has 0 aliphatic carbocycles. The molecule has 0 saturated carbocycles. The van der Waals surface area contributed by atoms with Gasteiger partial charge in [-0.3, -0.25) is 9.89 Å². The summed E-state index contributed by atoms with van der Waals surface area (Å²) in [6.07, 6.45) is 3.61. The zero-order chi connectivity index (χ0) is 18.0. The zero-order valence-electron chi connectivity index (χ0n) is 15.0. The standard InChI is InChI=1S/C19H24N4O3/c1-25-16-5-3-15(4-6-16)22-10-2-8-19(13-22)14-23(11-12-26-19)18(24)17-7-9-20-21-17/h3-7,9H,2,8,10-14H2,1H3,(H,20,21)/t19-/m1/s1. The Kier molecular flexibility index (Phi) is 4.55. The van der Waals surface area contributed by atoms with Crippen molar-refractivity contribution in [2.45, 2.75) is 18.4 Å². The highest BCUT2D eigenvalue weighted by atomic mass is 16.5. The third kappa shape index (κ3) is 3.26. The van der Waals surface area contributed by atoms with Crippen LogP contribution >= 0.6 is 0 Å². The molecule has 0 bridgehead atoms. The molecule has 2 fully saturated rings. The van der Waals surface area contributed by atoms with Gasteiger partial charge in [0.05, 0.1) is 20.3 Å². The number of rotatable bonds is 3. The van der Waals surface area contributed by atoms with Gasteiger partial charge in [0.1, 0.15) is 17.0 Å². The van der Waals surface area contributed by atoms with Gasteiger partial charge in [-0.05, 0) is 43.2 Å². The van der Waals surface area contributed by atoms with Crippen LogP contribution in [0.3, 0.4) is 0 Å². The number of carbonyl (C=O) groups is 1. The number of H-pyrrole nitrogens is 1. The van der Waals surface area contributed by atoms with Gasteiger partial charge in [0.15, 0.2) is 0 Å². The summed E-state index contributed by atoms with van der Waals surface area (Å²) in [6.45, 7) is 3.56. The predicted octanol–water partition coefficient (Wildman–Crippen LogP) is 1.93. The Bertz CT molecular complexity index is 743. The number of nitrogens with zero attached hydrogens (tertiary/aromatic N) is 3. The quantitative estimate of drug-likeness (QED) is 0.910. The molecule has 2 aliphatic heterocycles. The first kappa shape index (κ1) is 16.9. The molecule has 2 aliphatic rings. The average Bonchev–Trinajstić information content (AvgIpc) is 3.22. The van der Waals surface area contributed by atoms with Gasteiger partial charge in [-0.15, -0.1) is 0 Å². The van der Waals surface area contributed by atoms with Gasteiger partial charge < -0.3 is 19.3 Å². The first-order chi connectivity index (χ1) is 12.7. The van der Waals surface area contributed by atoms with Crippen LogP contribution < -0.4 is 9.64 Å². The maximum absolute atomic E-state index is 12.7. The van der Waals surface area contributed by atoms with Gasteiger partial charge in [0.2, 0.25) is 0 Å². The maximum Gasteiger partial charge on any atom is 0.272 e. The minimum absolute atomic E-state index is 0.00764. The Morgan fingerprint density at radius 3 is 2.81 bits per heavy atom. The molecule has 0 radical (unpaired) electrons. The normalized spacial score (nSPS) is 23.3. The fraction of sp³-hybridized carbons (Fsp3) is 0.474. The maximum atomic E-state index is 12.7. The van der Waals surface area contributed by atoms with Crippen molar-refractivity contribution in [2.24, 2.45) is 0 Å². The van der Waals surface area contributed by atoms with Crippen LogP contribution in [-0.2, 0) is 4.74 Å². The van der Waals surface area contributed by atoms with Crippen molar-refractivity contribution in [1.29, 1.82) is 0 Å². The van der Waals surface area contributed by atoms with E-state index in [1.165, 1.54) is 0 Å². The van der Waals surface area contributed by atoms with Crippen LogP contribution in [0, 0.1) is 0 Å². The Hall–Kier alpha value is -2.54. The number of piperidine rings is 1. The van der Waals surface area contributed by atoms with Crippen LogP contribution in [0.2, 0.25) is 0 Å². The SMILES string of the molecule is COc1ccc(N2CCC[C@]3(CN(C(=O)c4ccn[nH]4)CCO3)C2)cc1. The molecule has 26 heavy (non-hydrogen) atoms. The number of aromatic nitrogens is 2. The van der Waals surface area contributed by atoms with Crippen molar-refractivity contribution in [3.63, 3.8) is 0 Å². The average molecular weight is 356 g/mol. The summed E-state index contributed by atoms with van der Waals surface area (Å²) in [5.74, 6) is 0.845. The first-order valence-electron chi connectivity index (χ1n) is 9.01. The first-order valence-corrected chi connectivity index (χ1v) is 9.01. The van der Waals surface area contributed by atoms with Gasteiger partial charge >= 0.3 is 0 Å². The molecule has 7 heteroatoms. The lowest BCUT2D eigenvalue weighted by Gasteiger charge is -2.48. The molecule has 1 aromatic carbocycles. The second kappa shape index (κ2) is 6.99. The molecule has 1 spiro atoms. The number of aromatic amines is 1. The summed E-state index contributed by atoms with van der Waals surface area (Å²) >= 11 is 0. The predicted molar refractivity (Wildman–Crippen MR) is 97.6 cm³/mol. The van der Waals surface area contributed by atoms with Crippen molar-refractivity contribution >= 4 is 11.6 Å². The van der Waals surface area contributed by atoms with Gasteiger partial charge in [-0.25, -0.2) is 0 Å². The lowest BCUT2D eigenvalue weighted by atomic mass is 9.90. The highest BCUT2D eigenvalue weighted by Crippen LogP contribution is 2.32. The lowest BCUT2D eigenvalue weighted by Crippen LogP contribution is -2.60. The molecular formula is C19H24N4O3. The number of methoxy groups -OCH3 is 1. The van der Waals surface area contributed by atoms with E-state index in [1.807, 2.05) is 17.0 Å². The third-order valence-corrected chi connectivity index (χ3v) is 5.24. The Balaban J connectivity index is 1.49. The number of anilines is 1. The highest BCUT2D eigenvalue weighted by Gasteiger charge is 2.42. The van der Waals surface area contributed by atoms with Crippen LogP contribution in [0.1, 0.15) is 23.3 Å². The van der Waals surface area contributed by atoms with Crippen LogP contribution in [0.25, 0.3) is 0 Å². The van der Waals surface area contributed by atoms with Crippen molar-refractivity contribution in [2.75, 3.05) is 44.8 Å². The van der Waals surface area contributed by atoms with Gasteiger partial charge in [0, 0.05) is 31.5 Å². The van der Waals surface area contributed by atoms with Crippen LogP contribution in [0.5, 0.6) is 5.75 Å². The number of hydrogen-bond donors (Lipinski definition) is 1. The summed E-state index contributed by atoms with van der Waals surface area (Å²) in [5.41, 5.74) is 1.38. The number of ether oxygens (including phenoxy) is 2. The number of benzene rings is 1. The summed E-state index contributed by atoms with van der Waals surface area (Å²) in [7, 11) is 1.67. The van der Waals surface area contributed by atoms with E-state index in [0.29, 0.717) is 25.4 Å².